The second-order valence-corrected chi connectivity index (χ2v) is 9.13. The smallest absolute Gasteiger partial charge is 0.241 e. The fraction of sp³-hybridized carbons (Fsp3) is 0.381. The Bertz CT molecular complexity index is 993. The molecule has 0 aliphatic rings. The second-order valence-electron chi connectivity index (χ2n) is 6.81. The van der Waals surface area contributed by atoms with Crippen LogP contribution in [0.3, 0.4) is 0 Å². The van der Waals surface area contributed by atoms with Crippen molar-refractivity contribution < 1.29 is 22.7 Å². The minimum absolute atomic E-state index is 0.163. The Balaban J connectivity index is 2.28. The molecule has 0 heterocycles. The lowest BCUT2D eigenvalue weighted by atomic mass is 10.1. The van der Waals surface area contributed by atoms with E-state index in [0.717, 1.165) is 22.5 Å². The van der Waals surface area contributed by atoms with Crippen molar-refractivity contribution in [2.45, 2.75) is 26.3 Å². The molecule has 0 spiro atoms. The minimum Gasteiger partial charge on any atom is -0.495 e. The number of hydrogen-bond acceptors (Lipinski definition) is 5. The van der Waals surface area contributed by atoms with Gasteiger partial charge in [0.15, 0.2) is 0 Å². The molecule has 1 N–H and O–H groups in total. The van der Waals surface area contributed by atoms with Crippen LogP contribution in [-0.2, 0) is 21.2 Å². The number of nitrogens with one attached hydrogen (secondary N) is 1. The van der Waals surface area contributed by atoms with Crippen molar-refractivity contribution in [3.8, 4) is 11.5 Å². The van der Waals surface area contributed by atoms with Crippen LogP contribution in [0.1, 0.15) is 31.0 Å². The van der Waals surface area contributed by atoms with Gasteiger partial charge < -0.3 is 14.8 Å². The fourth-order valence-electron chi connectivity index (χ4n) is 2.96. The molecule has 0 aromatic heterocycles. The van der Waals surface area contributed by atoms with Crippen LogP contribution in [0.25, 0.3) is 0 Å². The molecule has 0 radical (unpaired) electrons. The van der Waals surface area contributed by atoms with Gasteiger partial charge in [0.05, 0.1) is 37.2 Å². The van der Waals surface area contributed by atoms with Gasteiger partial charge in [0.25, 0.3) is 0 Å². The van der Waals surface area contributed by atoms with E-state index in [2.05, 4.69) is 12.2 Å². The first-order valence-corrected chi connectivity index (χ1v) is 11.6. The number of sulfonamides is 1. The Morgan fingerprint density at radius 1 is 1.13 bits per heavy atom. The maximum absolute atomic E-state index is 12.7. The van der Waals surface area contributed by atoms with Crippen molar-refractivity contribution in [1.82, 2.24) is 5.32 Å². The number of benzene rings is 2. The fourth-order valence-corrected chi connectivity index (χ4v) is 4.05. The molecular formula is C21H27ClN2O5S. The molecule has 0 saturated carbocycles. The van der Waals surface area contributed by atoms with Crippen LogP contribution in [0.5, 0.6) is 11.5 Å². The van der Waals surface area contributed by atoms with Gasteiger partial charge in [-0.05, 0) is 24.5 Å². The molecule has 0 aliphatic carbocycles. The molecule has 164 valence electrons. The SMILES string of the molecule is CCc1ccc(C(C)NC(=O)CN(c2cc(OC)c(Cl)cc2OC)S(C)(=O)=O)cc1. The van der Waals surface area contributed by atoms with Gasteiger partial charge in [0.1, 0.15) is 18.0 Å². The van der Waals surface area contributed by atoms with E-state index in [4.69, 9.17) is 21.1 Å². The summed E-state index contributed by atoms with van der Waals surface area (Å²) in [5.41, 5.74) is 2.29. The summed E-state index contributed by atoms with van der Waals surface area (Å²) in [6.07, 6.45) is 1.95. The topological polar surface area (TPSA) is 84.9 Å². The number of carbonyl (C=O) groups excluding carboxylic acids is 1. The van der Waals surface area contributed by atoms with E-state index in [1.165, 1.54) is 31.9 Å². The molecule has 0 fully saturated rings. The van der Waals surface area contributed by atoms with Crippen molar-refractivity contribution >= 4 is 33.2 Å². The highest BCUT2D eigenvalue weighted by molar-refractivity contribution is 7.92. The third-order valence-corrected chi connectivity index (χ3v) is 6.10. The van der Waals surface area contributed by atoms with Crippen molar-refractivity contribution in [3.63, 3.8) is 0 Å². The van der Waals surface area contributed by atoms with E-state index in [-0.39, 0.29) is 28.3 Å². The Morgan fingerprint density at radius 2 is 1.73 bits per heavy atom. The number of nitrogens with zero attached hydrogens (tertiary/aromatic N) is 1. The molecular weight excluding hydrogens is 428 g/mol. The quantitative estimate of drug-likeness (QED) is 0.626. The molecule has 9 heteroatoms. The number of carbonyl (C=O) groups is 1. The van der Waals surface area contributed by atoms with Crippen LogP contribution in [0.4, 0.5) is 5.69 Å². The zero-order chi connectivity index (χ0) is 22.5. The normalized spacial score (nSPS) is 12.2. The highest BCUT2D eigenvalue weighted by atomic mass is 35.5. The van der Waals surface area contributed by atoms with Gasteiger partial charge in [0.2, 0.25) is 15.9 Å². The lowest BCUT2D eigenvalue weighted by Crippen LogP contribution is -2.41. The second kappa shape index (κ2) is 10.0. The van der Waals surface area contributed by atoms with E-state index in [1.807, 2.05) is 31.2 Å². The molecule has 0 saturated heterocycles. The predicted octanol–water partition coefficient (Wildman–Crippen LogP) is 3.56. The maximum Gasteiger partial charge on any atom is 0.241 e. The number of halogens is 1. The van der Waals surface area contributed by atoms with Crippen LogP contribution in [-0.4, -0.2) is 41.3 Å². The number of anilines is 1. The molecule has 0 aliphatic heterocycles. The number of ether oxygens (including phenoxy) is 2. The first-order valence-electron chi connectivity index (χ1n) is 9.38. The first kappa shape index (κ1) is 23.8. The Kier molecular flexibility index (Phi) is 7.97. The first-order chi connectivity index (χ1) is 14.1. The van der Waals surface area contributed by atoms with Gasteiger partial charge in [-0.1, -0.05) is 42.8 Å². The minimum atomic E-state index is -3.80. The average Bonchev–Trinajstić information content (AvgIpc) is 2.71. The summed E-state index contributed by atoms with van der Waals surface area (Å²) >= 11 is 6.11. The van der Waals surface area contributed by atoms with Crippen LogP contribution >= 0.6 is 11.6 Å². The third-order valence-electron chi connectivity index (χ3n) is 4.67. The number of rotatable bonds is 9. The van der Waals surface area contributed by atoms with Gasteiger partial charge in [-0.3, -0.25) is 9.10 Å². The lowest BCUT2D eigenvalue weighted by molar-refractivity contribution is -0.120. The molecule has 1 unspecified atom stereocenters. The molecule has 2 aromatic rings. The highest BCUT2D eigenvalue weighted by Crippen LogP contribution is 2.38. The monoisotopic (exact) mass is 454 g/mol. The van der Waals surface area contributed by atoms with Crippen molar-refractivity contribution in [1.29, 1.82) is 0 Å². The number of methoxy groups -OCH3 is 2. The number of hydrogen-bond donors (Lipinski definition) is 1. The largest absolute Gasteiger partial charge is 0.495 e. The molecule has 1 amide bonds. The Morgan fingerprint density at radius 3 is 2.23 bits per heavy atom. The predicted molar refractivity (Wildman–Crippen MR) is 119 cm³/mol. The van der Waals surface area contributed by atoms with Gasteiger partial charge in [-0.15, -0.1) is 0 Å². The zero-order valence-corrected chi connectivity index (χ0v) is 19.3. The molecule has 1 atom stereocenters. The summed E-state index contributed by atoms with van der Waals surface area (Å²) in [5, 5.41) is 3.10. The lowest BCUT2D eigenvalue weighted by Gasteiger charge is -2.25. The Hall–Kier alpha value is -2.45. The summed E-state index contributed by atoms with van der Waals surface area (Å²) in [6, 6.07) is 10.5. The van der Waals surface area contributed by atoms with E-state index >= 15 is 0 Å². The van der Waals surface area contributed by atoms with Gasteiger partial charge in [0, 0.05) is 12.1 Å². The van der Waals surface area contributed by atoms with Crippen molar-refractivity contribution in [3.05, 3.63) is 52.5 Å². The summed E-state index contributed by atoms with van der Waals surface area (Å²) in [7, 11) is -0.989. The molecule has 30 heavy (non-hydrogen) atoms. The van der Waals surface area contributed by atoms with Gasteiger partial charge in [-0.2, -0.15) is 0 Å². The van der Waals surface area contributed by atoms with E-state index in [9.17, 15) is 13.2 Å². The highest BCUT2D eigenvalue weighted by Gasteiger charge is 2.26. The number of amides is 1. The summed E-state index contributed by atoms with van der Waals surface area (Å²) < 4.78 is 36.4. The van der Waals surface area contributed by atoms with Crippen molar-refractivity contribution in [2.75, 3.05) is 31.3 Å². The standard InChI is InChI=1S/C21H27ClN2O5S/c1-6-15-7-9-16(10-8-15)14(2)23-21(25)13-24(30(5,26)27)18-12-19(28-3)17(22)11-20(18)29-4/h7-12,14H,6,13H2,1-5H3,(H,23,25). The maximum atomic E-state index is 12.7. The van der Waals surface area contributed by atoms with Crippen molar-refractivity contribution in [2.24, 2.45) is 0 Å². The molecule has 0 bridgehead atoms. The van der Waals surface area contributed by atoms with Crippen LogP contribution in [0.2, 0.25) is 5.02 Å². The summed E-state index contributed by atoms with van der Waals surface area (Å²) in [5.74, 6) is 0.0246. The van der Waals surface area contributed by atoms with E-state index < -0.39 is 22.5 Å². The molecule has 2 rings (SSSR count). The molecule has 2 aromatic carbocycles. The van der Waals surface area contributed by atoms with E-state index in [0.29, 0.717) is 0 Å². The summed E-state index contributed by atoms with van der Waals surface area (Å²) in [6.45, 7) is 3.49. The van der Waals surface area contributed by atoms with Crippen LogP contribution in [0, 0.1) is 0 Å². The van der Waals surface area contributed by atoms with Crippen LogP contribution < -0.4 is 19.1 Å². The Labute approximate surface area is 183 Å². The summed E-state index contributed by atoms with van der Waals surface area (Å²) in [4.78, 5) is 12.7. The molecule has 7 nitrogen and oxygen atoms in total. The number of aryl methyl sites for hydroxylation is 1. The van der Waals surface area contributed by atoms with Gasteiger partial charge >= 0.3 is 0 Å². The average molecular weight is 455 g/mol. The third kappa shape index (κ3) is 5.79. The van der Waals surface area contributed by atoms with E-state index in [1.54, 1.807) is 0 Å². The zero-order valence-electron chi connectivity index (χ0n) is 17.7. The van der Waals surface area contributed by atoms with Gasteiger partial charge in [-0.25, -0.2) is 8.42 Å². The van der Waals surface area contributed by atoms with Crippen LogP contribution in [0.15, 0.2) is 36.4 Å².